The highest BCUT2D eigenvalue weighted by Crippen LogP contribution is 2.21. The van der Waals surface area contributed by atoms with Gasteiger partial charge in [0, 0.05) is 0 Å². The molecule has 3 heterocycles. The minimum Gasteiger partial charge on any atom is -0.276 e. The normalized spacial score (nSPS) is 21.2. The van der Waals surface area contributed by atoms with Crippen LogP contribution in [0.5, 0.6) is 0 Å². The van der Waals surface area contributed by atoms with Gasteiger partial charge in [0.15, 0.2) is 0 Å². The van der Waals surface area contributed by atoms with Crippen LogP contribution in [0.2, 0.25) is 0 Å². The quantitative estimate of drug-likeness (QED) is 0.394. The van der Waals surface area contributed by atoms with Gasteiger partial charge in [0.25, 0.3) is 17.7 Å². The van der Waals surface area contributed by atoms with Gasteiger partial charge in [-0.2, -0.15) is 0 Å². The Balaban J connectivity index is 1.91. The largest absolute Gasteiger partial charge is 0.276 e. The van der Waals surface area contributed by atoms with Crippen LogP contribution in [-0.2, 0) is 28.8 Å². The summed E-state index contributed by atoms with van der Waals surface area (Å²) in [5.41, 5.74) is 0. The molecule has 3 fully saturated rings. The average Bonchev–Trinajstić information content (AvgIpc) is 3.08. The summed E-state index contributed by atoms with van der Waals surface area (Å²) in [5.74, 6) is -3.92. The number of hydrogen-bond donors (Lipinski definition) is 0. The van der Waals surface area contributed by atoms with Gasteiger partial charge in [-0.1, -0.05) is 36.7 Å². The molecule has 0 N–H and O–H groups in total. The Hall–Kier alpha value is -2.31. The Bertz CT molecular complexity index is 834. The standard InChI is InChI=1S/C15H11N3O6S3/c19-10-1-7(25)13(22)16(10)4-6(18-12(21)3-9(27)15(18)24)5-17-11(20)2-8(26)14(17)23/h6H,1-5H2. The molecule has 0 aliphatic carbocycles. The predicted molar refractivity (Wildman–Crippen MR) is 101 cm³/mol. The Kier molecular flexibility index (Phi) is 5.06. The van der Waals surface area contributed by atoms with Gasteiger partial charge in [0.2, 0.25) is 17.7 Å². The van der Waals surface area contributed by atoms with Crippen molar-refractivity contribution in [3.8, 4) is 0 Å². The van der Waals surface area contributed by atoms with Crippen LogP contribution in [0, 0.1) is 0 Å². The molecule has 3 rings (SSSR count). The lowest BCUT2D eigenvalue weighted by Crippen LogP contribution is -2.54. The second-order valence-electron chi connectivity index (χ2n) is 6.14. The maximum absolute atomic E-state index is 12.3. The Morgan fingerprint density at radius 1 is 0.630 bits per heavy atom. The molecule has 3 aliphatic rings. The van der Waals surface area contributed by atoms with Crippen LogP contribution in [0.15, 0.2) is 0 Å². The van der Waals surface area contributed by atoms with E-state index in [1.165, 1.54) is 0 Å². The van der Waals surface area contributed by atoms with Crippen molar-refractivity contribution in [3.63, 3.8) is 0 Å². The number of imide groups is 3. The summed E-state index contributed by atoms with van der Waals surface area (Å²) >= 11 is 14.5. The molecule has 0 saturated carbocycles. The van der Waals surface area contributed by atoms with E-state index < -0.39 is 41.5 Å². The number of likely N-dealkylation sites (tertiary alicyclic amines) is 3. The molecule has 0 atom stereocenters. The summed E-state index contributed by atoms with van der Waals surface area (Å²) in [7, 11) is 0. The Morgan fingerprint density at radius 3 is 1.30 bits per heavy atom. The molecule has 3 saturated heterocycles. The summed E-state index contributed by atoms with van der Waals surface area (Å²) < 4.78 is 0. The summed E-state index contributed by atoms with van der Waals surface area (Å²) in [5, 5.41) is 0. The van der Waals surface area contributed by atoms with Crippen molar-refractivity contribution in [2.24, 2.45) is 0 Å². The lowest BCUT2D eigenvalue weighted by atomic mass is 10.2. The molecule has 9 nitrogen and oxygen atoms in total. The summed E-state index contributed by atoms with van der Waals surface area (Å²) in [4.78, 5) is 74.9. The van der Waals surface area contributed by atoms with Crippen molar-refractivity contribution in [1.82, 2.24) is 14.7 Å². The van der Waals surface area contributed by atoms with Crippen LogP contribution >= 0.6 is 36.7 Å². The molecular formula is C15H11N3O6S3. The molecule has 0 radical (unpaired) electrons. The predicted octanol–water partition coefficient (Wildman–Crippen LogP) is -1.26. The molecule has 27 heavy (non-hydrogen) atoms. The third-order valence-electron chi connectivity index (χ3n) is 4.38. The van der Waals surface area contributed by atoms with E-state index in [0.29, 0.717) is 0 Å². The number of rotatable bonds is 5. The first kappa shape index (κ1) is 19.5. The lowest BCUT2D eigenvalue weighted by molar-refractivity contribution is -0.148. The van der Waals surface area contributed by atoms with Gasteiger partial charge < -0.3 is 0 Å². The van der Waals surface area contributed by atoms with Crippen LogP contribution in [0.4, 0.5) is 0 Å². The van der Waals surface area contributed by atoms with Crippen molar-refractivity contribution in [1.29, 1.82) is 0 Å². The van der Waals surface area contributed by atoms with E-state index in [2.05, 4.69) is 0 Å². The van der Waals surface area contributed by atoms with E-state index in [-0.39, 0.29) is 46.9 Å². The molecule has 0 bridgehead atoms. The first-order chi connectivity index (χ1) is 12.6. The molecule has 0 spiro atoms. The van der Waals surface area contributed by atoms with Crippen molar-refractivity contribution >= 4 is 86.7 Å². The van der Waals surface area contributed by atoms with Gasteiger partial charge in [-0.05, 0) is 0 Å². The van der Waals surface area contributed by atoms with Gasteiger partial charge in [-0.25, -0.2) is 0 Å². The van der Waals surface area contributed by atoms with Crippen molar-refractivity contribution < 1.29 is 28.8 Å². The summed E-state index contributed by atoms with van der Waals surface area (Å²) in [6.45, 7) is -0.774. The zero-order chi connectivity index (χ0) is 20.0. The fourth-order valence-corrected chi connectivity index (χ4v) is 3.76. The number of carbonyl (C=O) groups is 6. The topological polar surface area (TPSA) is 112 Å². The average molecular weight is 425 g/mol. The van der Waals surface area contributed by atoms with Crippen LogP contribution in [0.1, 0.15) is 19.3 Å². The van der Waals surface area contributed by atoms with E-state index in [1.54, 1.807) is 0 Å². The molecule has 12 heteroatoms. The van der Waals surface area contributed by atoms with Gasteiger partial charge in [-0.15, -0.1) is 0 Å². The van der Waals surface area contributed by atoms with E-state index >= 15 is 0 Å². The van der Waals surface area contributed by atoms with Crippen molar-refractivity contribution in [3.05, 3.63) is 0 Å². The minimum absolute atomic E-state index is 0.0807. The monoisotopic (exact) mass is 425 g/mol. The van der Waals surface area contributed by atoms with Gasteiger partial charge in [-0.3, -0.25) is 43.5 Å². The highest BCUT2D eigenvalue weighted by atomic mass is 32.1. The fraction of sp³-hybridized carbons (Fsp3) is 0.400. The van der Waals surface area contributed by atoms with Crippen LogP contribution in [0.25, 0.3) is 0 Å². The lowest BCUT2D eigenvalue weighted by Gasteiger charge is -2.31. The van der Waals surface area contributed by atoms with E-state index in [9.17, 15) is 28.8 Å². The molecule has 0 aromatic rings. The van der Waals surface area contributed by atoms with Crippen LogP contribution in [0.3, 0.4) is 0 Å². The van der Waals surface area contributed by atoms with Gasteiger partial charge >= 0.3 is 0 Å². The Labute approximate surface area is 168 Å². The second-order valence-corrected chi connectivity index (χ2v) is 7.62. The van der Waals surface area contributed by atoms with Crippen LogP contribution < -0.4 is 0 Å². The zero-order valence-corrected chi connectivity index (χ0v) is 16.1. The number of thiocarbonyl (C=S) groups is 3. The number of nitrogens with zero attached hydrogens (tertiary/aromatic N) is 3. The number of amides is 6. The number of hydrogen-bond acceptors (Lipinski definition) is 9. The SMILES string of the molecule is O=C1CC(=S)C(=O)N1CC(CN1C(=O)CC(=S)C1=O)N1C(=O)CC(=S)C1=O. The highest BCUT2D eigenvalue weighted by molar-refractivity contribution is 7.82. The third kappa shape index (κ3) is 3.35. The summed E-state index contributed by atoms with van der Waals surface area (Å²) in [6, 6.07) is -1.13. The van der Waals surface area contributed by atoms with E-state index in [4.69, 9.17) is 36.7 Å². The zero-order valence-electron chi connectivity index (χ0n) is 13.6. The molecule has 3 aliphatic heterocycles. The molecular weight excluding hydrogens is 414 g/mol. The maximum Gasteiger partial charge on any atom is 0.268 e. The smallest absolute Gasteiger partial charge is 0.268 e. The third-order valence-corrected chi connectivity index (χ3v) is 5.34. The molecule has 0 aromatic carbocycles. The first-order valence-corrected chi connectivity index (χ1v) is 8.98. The Morgan fingerprint density at radius 2 is 1.00 bits per heavy atom. The van der Waals surface area contributed by atoms with Crippen molar-refractivity contribution in [2.45, 2.75) is 25.3 Å². The molecule has 140 valence electrons. The van der Waals surface area contributed by atoms with Crippen LogP contribution in [-0.4, -0.2) is 83.9 Å². The first-order valence-electron chi connectivity index (χ1n) is 7.76. The molecule has 0 unspecified atom stereocenters. The maximum atomic E-state index is 12.3. The molecule has 0 aromatic heterocycles. The second kappa shape index (κ2) is 7.02. The highest BCUT2D eigenvalue weighted by Gasteiger charge is 2.45. The minimum atomic E-state index is -1.13. The van der Waals surface area contributed by atoms with Crippen molar-refractivity contribution in [2.75, 3.05) is 13.1 Å². The number of carbonyl (C=O) groups excluding carboxylic acids is 6. The molecule has 6 amide bonds. The fourth-order valence-electron chi connectivity index (χ4n) is 3.07. The van der Waals surface area contributed by atoms with E-state index in [0.717, 1.165) is 14.7 Å². The van der Waals surface area contributed by atoms with Gasteiger partial charge in [0.05, 0.1) is 53.0 Å². The summed E-state index contributed by atoms with van der Waals surface area (Å²) in [6.07, 6.45) is -0.773. The van der Waals surface area contributed by atoms with Gasteiger partial charge in [0.1, 0.15) is 0 Å². The van der Waals surface area contributed by atoms with E-state index in [1.807, 2.05) is 0 Å².